The predicted octanol–water partition coefficient (Wildman–Crippen LogP) is 2.56. The maximum Gasteiger partial charge on any atom is 0.280 e. The van der Waals surface area contributed by atoms with Crippen LogP contribution in [0.1, 0.15) is 31.7 Å². The molecule has 1 amide bonds. The van der Waals surface area contributed by atoms with E-state index in [0.717, 1.165) is 23.8 Å². The monoisotopic (exact) mass is 432 g/mol. The van der Waals surface area contributed by atoms with Crippen molar-refractivity contribution < 1.29 is 22.7 Å². The van der Waals surface area contributed by atoms with E-state index in [9.17, 15) is 13.2 Å². The van der Waals surface area contributed by atoms with Gasteiger partial charge in [0.1, 0.15) is 9.94 Å². The maximum atomic E-state index is 12.4. The quantitative estimate of drug-likeness (QED) is 0.570. The first-order chi connectivity index (χ1) is 13.4. The van der Waals surface area contributed by atoms with Gasteiger partial charge in [-0.05, 0) is 24.9 Å². The van der Waals surface area contributed by atoms with Crippen molar-refractivity contribution in [1.29, 1.82) is 0 Å². The second kappa shape index (κ2) is 12.9. The van der Waals surface area contributed by atoms with Gasteiger partial charge in [-0.15, -0.1) is 0 Å². The molecule has 0 spiro atoms. The minimum Gasteiger partial charge on any atom is -0.382 e. The number of rotatable bonds is 10. The Kier molecular flexibility index (Phi) is 11.3. The van der Waals surface area contributed by atoms with Gasteiger partial charge in [-0.1, -0.05) is 55.3 Å². The van der Waals surface area contributed by atoms with Gasteiger partial charge in [-0.3, -0.25) is 4.79 Å². The molecule has 1 aliphatic rings. The number of hydrogen-bond acceptors (Lipinski definition) is 6. The van der Waals surface area contributed by atoms with E-state index >= 15 is 0 Å². The normalized spacial score (nSPS) is 15.6. The lowest BCUT2D eigenvalue weighted by Crippen LogP contribution is -2.32. The molecule has 9 heteroatoms. The molecule has 0 saturated carbocycles. The molecule has 1 heterocycles. The van der Waals surface area contributed by atoms with Gasteiger partial charge in [0.2, 0.25) is 0 Å². The van der Waals surface area contributed by atoms with Gasteiger partial charge in [0.25, 0.3) is 15.9 Å². The van der Waals surface area contributed by atoms with Gasteiger partial charge < -0.3 is 15.2 Å². The number of carbonyl (C=O) groups excluding carboxylic acids is 1. The van der Waals surface area contributed by atoms with Crippen molar-refractivity contribution in [1.82, 2.24) is 4.31 Å². The van der Waals surface area contributed by atoms with E-state index in [0.29, 0.717) is 31.7 Å². The average molecular weight is 433 g/mol. The Balaban J connectivity index is 0.000000370. The number of nitrogens with zero attached hydrogens (tertiary/aromatic N) is 1. The Morgan fingerprint density at radius 2 is 1.79 bits per heavy atom. The van der Waals surface area contributed by atoms with Crippen molar-refractivity contribution in [3.05, 3.63) is 40.9 Å². The fourth-order valence-corrected chi connectivity index (χ4v) is 4.56. The van der Waals surface area contributed by atoms with Crippen LogP contribution in [-0.4, -0.2) is 58.7 Å². The van der Waals surface area contributed by atoms with Crippen molar-refractivity contribution in [2.45, 2.75) is 26.2 Å². The summed E-state index contributed by atoms with van der Waals surface area (Å²) < 4.78 is 35.5. The zero-order chi connectivity index (χ0) is 21.0. The number of halogens is 1. The van der Waals surface area contributed by atoms with Gasteiger partial charge in [0, 0.05) is 20.3 Å². The topological polar surface area (TPSA) is 98.9 Å². The number of nitrogens with two attached hydrogens (primary N) is 1. The SMILES string of the molecule is CCCCN1C(=O)C(Cl)=C(c2ccccc2)S1(=O)=O.COCCOCCCN. The molecule has 2 N–H and O–H groups in total. The number of methoxy groups -OCH3 is 1. The van der Waals surface area contributed by atoms with E-state index in [1.54, 1.807) is 37.4 Å². The van der Waals surface area contributed by atoms with E-state index in [1.165, 1.54) is 0 Å². The van der Waals surface area contributed by atoms with E-state index in [-0.39, 0.29) is 16.5 Å². The summed E-state index contributed by atoms with van der Waals surface area (Å²) in [6.45, 7) is 4.90. The van der Waals surface area contributed by atoms with Crippen molar-refractivity contribution in [3.8, 4) is 0 Å². The largest absolute Gasteiger partial charge is 0.382 e. The van der Waals surface area contributed by atoms with Crippen molar-refractivity contribution in [2.75, 3.05) is 40.0 Å². The lowest BCUT2D eigenvalue weighted by atomic mass is 10.2. The summed E-state index contributed by atoms with van der Waals surface area (Å²) in [7, 11) is -2.16. The Morgan fingerprint density at radius 3 is 2.36 bits per heavy atom. The summed E-state index contributed by atoms with van der Waals surface area (Å²) in [6, 6.07) is 8.45. The third-order valence-electron chi connectivity index (χ3n) is 3.84. The lowest BCUT2D eigenvalue weighted by molar-refractivity contribution is -0.121. The van der Waals surface area contributed by atoms with Crippen LogP contribution in [0.3, 0.4) is 0 Å². The Hall–Kier alpha value is -1.45. The van der Waals surface area contributed by atoms with Crippen LogP contribution in [0.2, 0.25) is 0 Å². The van der Waals surface area contributed by atoms with Crippen LogP contribution in [0, 0.1) is 0 Å². The molecular weight excluding hydrogens is 404 g/mol. The highest BCUT2D eigenvalue weighted by molar-refractivity contribution is 7.99. The number of amides is 1. The molecule has 0 fully saturated rings. The summed E-state index contributed by atoms with van der Waals surface area (Å²) in [5, 5.41) is -0.220. The van der Waals surface area contributed by atoms with Crippen molar-refractivity contribution in [3.63, 3.8) is 0 Å². The number of unbranched alkanes of at least 4 members (excludes halogenated alkanes) is 1. The molecule has 0 aromatic heterocycles. The Bertz CT molecular complexity index is 732. The highest BCUT2D eigenvalue weighted by Crippen LogP contribution is 2.37. The van der Waals surface area contributed by atoms with Crippen LogP contribution in [0.4, 0.5) is 0 Å². The Labute approximate surface area is 172 Å². The highest BCUT2D eigenvalue weighted by Gasteiger charge is 2.43. The molecule has 0 unspecified atom stereocenters. The van der Waals surface area contributed by atoms with Crippen LogP contribution >= 0.6 is 11.6 Å². The highest BCUT2D eigenvalue weighted by atomic mass is 35.5. The zero-order valence-corrected chi connectivity index (χ0v) is 18.0. The third-order valence-corrected chi connectivity index (χ3v) is 6.18. The van der Waals surface area contributed by atoms with Crippen molar-refractivity contribution in [2.24, 2.45) is 5.73 Å². The second-order valence-electron chi connectivity index (χ2n) is 5.99. The molecule has 0 radical (unpaired) electrons. The van der Waals surface area contributed by atoms with Crippen LogP contribution in [-0.2, 0) is 24.3 Å². The maximum absolute atomic E-state index is 12.4. The first-order valence-corrected chi connectivity index (χ1v) is 11.0. The summed E-state index contributed by atoms with van der Waals surface area (Å²) in [5.41, 5.74) is 5.68. The van der Waals surface area contributed by atoms with E-state index < -0.39 is 15.9 Å². The molecule has 0 atom stereocenters. The predicted molar refractivity (Wildman–Crippen MR) is 111 cm³/mol. The summed E-state index contributed by atoms with van der Waals surface area (Å²) in [5.74, 6) is -0.631. The zero-order valence-electron chi connectivity index (χ0n) is 16.4. The van der Waals surface area contributed by atoms with Crippen LogP contribution in [0.5, 0.6) is 0 Å². The Morgan fingerprint density at radius 1 is 1.11 bits per heavy atom. The molecule has 28 heavy (non-hydrogen) atoms. The minimum absolute atomic E-state index is 0.0872. The van der Waals surface area contributed by atoms with Gasteiger partial charge in [0.05, 0.1) is 13.2 Å². The molecule has 0 bridgehead atoms. The molecule has 0 aliphatic carbocycles. The molecule has 1 aliphatic heterocycles. The van der Waals surface area contributed by atoms with Gasteiger partial charge >= 0.3 is 0 Å². The first kappa shape index (κ1) is 24.6. The average Bonchev–Trinajstić information content (AvgIpc) is 2.85. The number of hydrogen-bond donors (Lipinski definition) is 1. The lowest BCUT2D eigenvalue weighted by Gasteiger charge is -2.15. The molecule has 2 rings (SSSR count). The summed E-state index contributed by atoms with van der Waals surface area (Å²) >= 11 is 5.93. The number of sulfonamides is 1. The van der Waals surface area contributed by atoms with Gasteiger partial charge in [-0.2, -0.15) is 0 Å². The van der Waals surface area contributed by atoms with Gasteiger partial charge in [-0.25, -0.2) is 12.7 Å². The number of ether oxygens (including phenoxy) is 2. The number of carbonyl (C=O) groups is 1. The van der Waals surface area contributed by atoms with E-state index in [1.807, 2.05) is 6.92 Å². The minimum atomic E-state index is -3.82. The van der Waals surface area contributed by atoms with Gasteiger partial charge in [0.15, 0.2) is 0 Å². The van der Waals surface area contributed by atoms with Crippen LogP contribution in [0.15, 0.2) is 35.4 Å². The fraction of sp³-hybridized carbons (Fsp3) is 0.526. The van der Waals surface area contributed by atoms with Crippen LogP contribution in [0.25, 0.3) is 4.91 Å². The fourth-order valence-electron chi connectivity index (χ4n) is 2.36. The van der Waals surface area contributed by atoms with E-state index in [4.69, 9.17) is 26.8 Å². The van der Waals surface area contributed by atoms with E-state index in [2.05, 4.69) is 0 Å². The number of benzene rings is 1. The first-order valence-electron chi connectivity index (χ1n) is 9.20. The second-order valence-corrected chi connectivity index (χ2v) is 8.17. The standard InChI is InChI=1S/C13H14ClNO3S.C6H15NO2/c1-2-3-9-15-13(16)11(14)12(19(15,17)18)10-7-5-4-6-8-10;1-8-5-6-9-4-2-3-7/h4-8H,2-3,9H2,1H3;2-7H2,1H3. The molecular formula is C19H29ClN2O5S. The molecule has 1 aromatic rings. The molecule has 0 saturated heterocycles. The van der Waals surface area contributed by atoms with Crippen LogP contribution < -0.4 is 5.73 Å². The third kappa shape index (κ3) is 6.86. The molecule has 158 valence electrons. The summed E-state index contributed by atoms with van der Waals surface area (Å²) in [4.78, 5) is 11.9. The summed E-state index contributed by atoms with van der Waals surface area (Å²) in [6.07, 6.45) is 2.36. The van der Waals surface area contributed by atoms with Crippen molar-refractivity contribution >= 4 is 32.4 Å². The molecule has 1 aromatic carbocycles. The smallest absolute Gasteiger partial charge is 0.280 e. The molecule has 7 nitrogen and oxygen atoms in total.